The Morgan fingerprint density at radius 3 is 2.55 bits per heavy atom. The molecule has 0 heterocycles. The zero-order chi connectivity index (χ0) is 14.2. The van der Waals surface area contributed by atoms with E-state index in [-0.39, 0.29) is 11.9 Å². The molecule has 1 amide bonds. The van der Waals surface area contributed by atoms with Crippen LogP contribution in [-0.4, -0.2) is 11.8 Å². The number of nitrogens with one attached hydrogen (secondary N) is 1. The number of hydrogen-bond donors (Lipinski definition) is 1. The van der Waals surface area contributed by atoms with Gasteiger partial charge in [-0.05, 0) is 30.7 Å². The van der Waals surface area contributed by atoms with Gasteiger partial charge in [-0.3, -0.25) is 4.79 Å². The minimum Gasteiger partial charge on any atom is -0.349 e. The normalized spacial score (nSPS) is 17.6. The monoisotopic (exact) mass is 293 g/mol. The largest absolute Gasteiger partial charge is 0.349 e. The van der Waals surface area contributed by atoms with Gasteiger partial charge in [-0.25, -0.2) is 0 Å². The number of alkyl halides is 1. The maximum atomic E-state index is 12.1. The summed E-state index contributed by atoms with van der Waals surface area (Å²) in [4.78, 5) is 12.1. The van der Waals surface area contributed by atoms with E-state index in [1.807, 2.05) is 6.07 Å². The Bertz CT molecular complexity index is 401. The summed E-state index contributed by atoms with van der Waals surface area (Å²) in [5.41, 5.74) is 1.23. The Labute approximate surface area is 126 Å². The number of amides is 1. The van der Waals surface area contributed by atoms with Gasteiger partial charge in [0.15, 0.2) is 0 Å². The van der Waals surface area contributed by atoms with Crippen molar-refractivity contribution in [3.8, 4) is 0 Å². The van der Waals surface area contributed by atoms with Crippen molar-refractivity contribution in [1.82, 2.24) is 5.32 Å². The van der Waals surface area contributed by atoms with E-state index in [1.54, 1.807) is 0 Å². The van der Waals surface area contributed by atoms with E-state index in [0.717, 1.165) is 6.42 Å². The van der Waals surface area contributed by atoms with Crippen LogP contribution in [0.2, 0.25) is 0 Å². The summed E-state index contributed by atoms with van der Waals surface area (Å²) < 4.78 is 0. The highest BCUT2D eigenvalue weighted by molar-refractivity contribution is 6.17. The number of carbonyl (C=O) groups is 1. The zero-order valence-electron chi connectivity index (χ0n) is 12.0. The lowest BCUT2D eigenvalue weighted by molar-refractivity contribution is -0.122. The molecule has 1 N–H and O–H groups in total. The number of carbonyl (C=O) groups excluding carboxylic acids is 1. The topological polar surface area (TPSA) is 29.1 Å². The van der Waals surface area contributed by atoms with Crippen LogP contribution < -0.4 is 5.32 Å². The molecule has 2 rings (SSSR count). The smallest absolute Gasteiger partial charge is 0.220 e. The van der Waals surface area contributed by atoms with E-state index in [2.05, 4.69) is 29.6 Å². The fraction of sp³-hybridized carbons (Fsp3) is 0.588. The molecule has 1 saturated carbocycles. The fourth-order valence-electron chi connectivity index (χ4n) is 3.07. The lowest BCUT2D eigenvalue weighted by Gasteiger charge is -2.31. The van der Waals surface area contributed by atoms with Gasteiger partial charge in [0, 0.05) is 12.3 Å². The van der Waals surface area contributed by atoms with Crippen molar-refractivity contribution in [1.29, 1.82) is 0 Å². The van der Waals surface area contributed by atoms with Gasteiger partial charge >= 0.3 is 0 Å². The van der Waals surface area contributed by atoms with Crippen LogP contribution in [0, 0.1) is 5.92 Å². The van der Waals surface area contributed by atoms with Crippen molar-refractivity contribution in [2.24, 2.45) is 5.92 Å². The van der Waals surface area contributed by atoms with E-state index >= 15 is 0 Å². The highest BCUT2D eigenvalue weighted by atomic mass is 35.5. The van der Waals surface area contributed by atoms with Crippen LogP contribution in [0.1, 0.15) is 56.6 Å². The highest BCUT2D eigenvalue weighted by Gasteiger charge is 2.26. The van der Waals surface area contributed by atoms with Crippen LogP contribution in [0.4, 0.5) is 0 Å². The fourth-order valence-corrected chi connectivity index (χ4v) is 3.21. The summed E-state index contributed by atoms with van der Waals surface area (Å²) in [6.07, 6.45) is 7.61. The minimum absolute atomic E-state index is 0.130. The first-order chi connectivity index (χ1) is 9.81. The first-order valence-corrected chi connectivity index (χ1v) is 8.25. The number of rotatable bonds is 6. The average Bonchev–Trinajstić information content (AvgIpc) is 2.52. The van der Waals surface area contributed by atoms with Crippen LogP contribution in [0.5, 0.6) is 0 Å². The molecular weight excluding hydrogens is 270 g/mol. The molecule has 1 fully saturated rings. The SMILES string of the molecule is O=C(CCCCl)N[C@H](c1ccccc1)C1CCCCC1. The van der Waals surface area contributed by atoms with E-state index < -0.39 is 0 Å². The van der Waals surface area contributed by atoms with Gasteiger partial charge in [0.25, 0.3) is 0 Å². The minimum atomic E-state index is 0.130. The molecule has 0 aliphatic heterocycles. The van der Waals surface area contributed by atoms with Crippen molar-refractivity contribution < 1.29 is 4.79 Å². The number of halogens is 1. The van der Waals surface area contributed by atoms with Gasteiger partial charge < -0.3 is 5.32 Å². The second kappa shape index (κ2) is 8.31. The molecule has 0 bridgehead atoms. The lowest BCUT2D eigenvalue weighted by Crippen LogP contribution is -2.34. The van der Waals surface area contributed by atoms with Gasteiger partial charge in [-0.1, -0.05) is 49.6 Å². The molecule has 1 aliphatic carbocycles. The molecule has 0 saturated heterocycles. The predicted octanol–water partition coefficient (Wildman–Crippen LogP) is 4.44. The summed E-state index contributed by atoms with van der Waals surface area (Å²) >= 11 is 5.67. The van der Waals surface area contributed by atoms with Crippen molar-refractivity contribution in [3.05, 3.63) is 35.9 Å². The molecule has 110 valence electrons. The van der Waals surface area contributed by atoms with E-state index in [0.29, 0.717) is 18.2 Å². The molecule has 2 nitrogen and oxygen atoms in total. The van der Waals surface area contributed by atoms with Crippen LogP contribution in [-0.2, 0) is 4.79 Å². The maximum absolute atomic E-state index is 12.1. The van der Waals surface area contributed by atoms with Gasteiger partial charge in [-0.15, -0.1) is 11.6 Å². The number of hydrogen-bond acceptors (Lipinski definition) is 1. The molecule has 1 aromatic rings. The van der Waals surface area contributed by atoms with Crippen LogP contribution in [0.15, 0.2) is 30.3 Å². The Hall–Kier alpha value is -1.02. The third kappa shape index (κ3) is 4.52. The molecule has 0 aromatic heterocycles. The summed E-state index contributed by atoms with van der Waals surface area (Å²) in [6.45, 7) is 0. The Morgan fingerprint density at radius 2 is 1.90 bits per heavy atom. The van der Waals surface area contributed by atoms with Crippen molar-refractivity contribution in [3.63, 3.8) is 0 Å². The van der Waals surface area contributed by atoms with Crippen molar-refractivity contribution in [2.45, 2.75) is 51.0 Å². The molecular formula is C17H24ClNO. The Kier molecular flexibility index (Phi) is 6.38. The van der Waals surface area contributed by atoms with Gasteiger partial charge in [-0.2, -0.15) is 0 Å². The van der Waals surface area contributed by atoms with Crippen molar-refractivity contribution in [2.75, 3.05) is 5.88 Å². The van der Waals surface area contributed by atoms with Crippen LogP contribution >= 0.6 is 11.6 Å². The average molecular weight is 294 g/mol. The zero-order valence-corrected chi connectivity index (χ0v) is 12.7. The first-order valence-electron chi connectivity index (χ1n) is 7.71. The lowest BCUT2D eigenvalue weighted by atomic mass is 9.81. The molecule has 20 heavy (non-hydrogen) atoms. The molecule has 1 atom stereocenters. The first kappa shape index (κ1) is 15.4. The molecule has 1 aromatic carbocycles. The van der Waals surface area contributed by atoms with Gasteiger partial charge in [0.2, 0.25) is 5.91 Å². The standard InChI is InChI=1S/C17H24ClNO/c18-13-7-12-16(20)19-17(14-8-3-1-4-9-14)15-10-5-2-6-11-15/h1,3-4,8-9,15,17H,2,5-7,10-13H2,(H,19,20)/t17-/m1/s1. The summed E-state index contributed by atoms with van der Waals surface area (Å²) in [5, 5.41) is 3.24. The highest BCUT2D eigenvalue weighted by Crippen LogP contribution is 2.34. The van der Waals surface area contributed by atoms with Crippen LogP contribution in [0.3, 0.4) is 0 Å². The van der Waals surface area contributed by atoms with Crippen molar-refractivity contribution >= 4 is 17.5 Å². The van der Waals surface area contributed by atoms with Gasteiger partial charge in [0.1, 0.15) is 0 Å². The second-order valence-electron chi connectivity index (χ2n) is 5.65. The number of benzene rings is 1. The maximum Gasteiger partial charge on any atom is 0.220 e. The van der Waals surface area contributed by atoms with Crippen LogP contribution in [0.25, 0.3) is 0 Å². The third-order valence-electron chi connectivity index (χ3n) is 4.13. The van der Waals surface area contributed by atoms with Gasteiger partial charge in [0.05, 0.1) is 6.04 Å². The van der Waals surface area contributed by atoms with E-state index in [9.17, 15) is 4.79 Å². The Balaban J connectivity index is 2.05. The summed E-state index contributed by atoms with van der Waals surface area (Å²) in [7, 11) is 0. The predicted molar refractivity (Wildman–Crippen MR) is 83.9 cm³/mol. The molecule has 0 radical (unpaired) electrons. The second-order valence-corrected chi connectivity index (χ2v) is 6.02. The molecule has 0 spiro atoms. The molecule has 1 aliphatic rings. The summed E-state index contributed by atoms with van der Waals surface area (Å²) in [5.74, 6) is 1.25. The summed E-state index contributed by atoms with van der Waals surface area (Å²) in [6, 6.07) is 10.5. The van der Waals surface area contributed by atoms with E-state index in [4.69, 9.17) is 11.6 Å². The molecule has 3 heteroatoms. The Morgan fingerprint density at radius 1 is 1.20 bits per heavy atom. The molecule has 0 unspecified atom stereocenters. The third-order valence-corrected chi connectivity index (χ3v) is 4.40. The van der Waals surface area contributed by atoms with E-state index in [1.165, 1.54) is 37.7 Å². The quantitative estimate of drug-likeness (QED) is 0.772.